The molecule has 0 bridgehead atoms. The third-order valence-electron chi connectivity index (χ3n) is 10.8. The van der Waals surface area contributed by atoms with Crippen molar-refractivity contribution < 1.29 is 108 Å². The van der Waals surface area contributed by atoms with Crippen LogP contribution in [0.5, 0.6) is 0 Å². The third kappa shape index (κ3) is 31.4. The van der Waals surface area contributed by atoms with Gasteiger partial charge in [0.25, 0.3) is 5.91 Å². The van der Waals surface area contributed by atoms with Crippen LogP contribution >= 0.6 is 15.2 Å². The van der Waals surface area contributed by atoms with E-state index in [1.54, 1.807) is 116 Å². The van der Waals surface area contributed by atoms with E-state index in [1.165, 1.54) is 60.2 Å². The minimum Gasteiger partial charge on any atom is -0.478 e. The number of rotatable bonds is 16. The Hall–Kier alpha value is -11.0. The highest BCUT2D eigenvalue weighted by molar-refractivity contribution is 7.60. The fraction of sp³-hybridized carbons (Fsp3) is 0.0615. The van der Waals surface area contributed by atoms with Crippen molar-refractivity contribution in [3.8, 4) is 0 Å². The van der Waals surface area contributed by atoms with Crippen molar-refractivity contribution in [2.75, 3.05) is 6.54 Å². The molecule has 8 rings (SSSR count). The molecule has 0 heterocycles. The number of carboxylic acids is 7. The van der Waals surface area contributed by atoms with Gasteiger partial charge in [-0.1, -0.05) is 159 Å². The molecule has 0 aliphatic heterocycles. The molecule has 0 saturated heterocycles. The Morgan fingerprint density at radius 3 is 0.922 bits per heavy atom. The molecule has 470 valence electrons. The maximum absolute atomic E-state index is 11.6. The van der Waals surface area contributed by atoms with Crippen LogP contribution in [0.2, 0.25) is 0 Å². The molecule has 0 aliphatic carbocycles. The number of carbonyl (C=O) groups is 9. The molecule has 0 atom stereocenters. The third-order valence-corrected chi connectivity index (χ3v) is 12.7. The molecule has 8 aromatic carbocycles. The fourth-order valence-electron chi connectivity index (χ4n) is 6.35. The SMILES string of the molecule is C=C(C)C(=O)CCCNC(=O)c1ccccc1.C=Cc1ccccc1.O=C(O)c1cccc(C(=O)O)c1C(=O)O.O=C(O)c1ccccc1.O=C(O)c1ccccc1.O=C(O)c1ccccc1C(=O)O.O=P(O)(O)c1ccccc1.O=P(O)(O)c1ccccc1. The van der Waals surface area contributed by atoms with Crippen LogP contribution in [0.4, 0.5) is 0 Å². The van der Waals surface area contributed by atoms with Gasteiger partial charge < -0.3 is 60.6 Å². The van der Waals surface area contributed by atoms with Gasteiger partial charge in [-0.05, 0) is 109 Å². The highest BCUT2D eigenvalue weighted by Gasteiger charge is 2.23. The van der Waals surface area contributed by atoms with Gasteiger partial charge in [-0.25, -0.2) is 33.6 Å². The molecule has 0 spiro atoms. The second-order valence-corrected chi connectivity index (χ2v) is 20.7. The van der Waals surface area contributed by atoms with E-state index in [-0.39, 0.29) is 33.4 Å². The average Bonchev–Trinajstić information content (AvgIpc) is 2.73. The van der Waals surface area contributed by atoms with Gasteiger partial charge in [-0.3, -0.25) is 18.7 Å². The second kappa shape index (κ2) is 41.1. The number of carbonyl (C=O) groups excluding carboxylic acids is 2. The normalized spacial score (nSPS) is 9.74. The number of carboxylic acid groups (broad SMARTS) is 7. The van der Waals surface area contributed by atoms with Crippen LogP contribution in [0.3, 0.4) is 0 Å². The molecule has 0 aromatic heterocycles. The highest BCUT2D eigenvalue weighted by Crippen LogP contribution is 2.33. The van der Waals surface area contributed by atoms with Gasteiger partial charge in [0.1, 0.15) is 0 Å². The smallest absolute Gasteiger partial charge is 0.356 e. The molecule has 0 radical (unpaired) electrons. The number of benzene rings is 8. The van der Waals surface area contributed by atoms with Crippen molar-refractivity contribution in [1.82, 2.24) is 5.32 Å². The number of aromatic carboxylic acids is 7. The average molecular weight is 1270 g/mol. The molecule has 0 unspecified atom stereocenters. The maximum Gasteiger partial charge on any atom is 0.356 e. The van der Waals surface area contributed by atoms with Crippen molar-refractivity contribution >= 4 is 85.4 Å². The second-order valence-electron chi connectivity index (χ2n) is 17.4. The predicted molar refractivity (Wildman–Crippen MR) is 335 cm³/mol. The van der Waals surface area contributed by atoms with Gasteiger partial charge in [-0.2, -0.15) is 0 Å². The Bertz CT molecular complexity index is 3560. The van der Waals surface area contributed by atoms with Gasteiger partial charge in [-0.15, -0.1) is 0 Å². The summed E-state index contributed by atoms with van der Waals surface area (Å²) in [6.45, 7) is 9.42. The van der Waals surface area contributed by atoms with Gasteiger partial charge in [0.05, 0.1) is 49.6 Å². The van der Waals surface area contributed by atoms with E-state index in [0.29, 0.717) is 41.6 Å². The molecule has 12 N–H and O–H groups in total. The lowest BCUT2D eigenvalue weighted by Crippen LogP contribution is -2.24. The molecule has 25 heteroatoms. The predicted octanol–water partition coefficient (Wildman–Crippen LogP) is 10.3. The van der Waals surface area contributed by atoms with Crippen LogP contribution in [-0.2, 0) is 13.9 Å². The Kier molecular flexibility index (Phi) is 35.2. The molecule has 8 aromatic rings. The first kappa shape index (κ1) is 77.0. The van der Waals surface area contributed by atoms with Crippen LogP contribution in [-0.4, -0.2) is 115 Å². The van der Waals surface area contributed by atoms with Crippen molar-refractivity contribution in [2.24, 2.45) is 0 Å². The van der Waals surface area contributed by atoms with E-state index in [0.717, 1.165) is 12.1 Å². The molecule has 90 heavy (non-hydrogen) atoms. The summed E-state index contributed by atoms with van der Waals surface area (Å²) in [6.07, 6.45) is 2.91. The summed E-state index contributed by atoms with van der Waals surface area (Å²) in [5.74, 6) is -8.80. The molecule has 0 aliphatic rings. The van der Waals surface area contributed by atoms with E-state index in [2.05, 4.69) is 18.5 Å². The summed E-state index contributed by atoms with van der Waals surface area (Å²) in [7, 11) is -8.04. The first-order valence-corrected chi connectivity index (χ1v) is 29.0. The topological polar surface area (TPSA) is 422 Å². The fourth-order valence-corrected chi connectivity index (χ4v) is 7.47. The maximum atomic E-state index is 11.6. The number of Topliss-reactive ketones (excluding diaryl/α,β-unsaturated/α-hetero) is 1. The number of amides is 1. The van der Waals surface area contributed by atoms with Crippen molar-refractivity contribution in [3.05, 3.63) is 293 Å². The molecular formula is C65H63NO22P2. The summed E-state index contributed by atoms with van der Waals surface area (Å²) in [5, 5.41) is 62.8. The Labute approximate surface area is 515 Å². The van der Waals surface area contributed by atoms with Gasteiger partial charge in [0.2, 0.25) is 0 Å². The zero-order chi connectivity index (χ0) is 67.8. The first-order valence-electron chi connectivity index (χ1n) is 25.8. The number of allylic oxidation sites excluding steroid dienone is 1. The van der Waals surface area contributed by atoms with E-state index < -0.39 is 73.7 Å². The lowest BCUT2D eigenvalue weighted by atomic mass is 10.0. The van der Waals surface area contributed by atoms with Crippen LogP contribution in [0.25, 0.3) is 6.08 Å². The summed E-state index contributed by atoms with van der Waals surface area (Å²) >= 11 is 0. The number of hydrogen-bond acceptors (Lipinski definition) is 11. The standard InChI is InChI=1S/C14H17NO2.C9H6O6.C8H6O4.C8H8.2C7H6O2.2C6H7O3P/c1-11(2)13(16)9-6-10-15-14(17)12-7-4-3-5-8-12;10-7(11)4-2-1-3-5(8(12)13)6(4)9(14)15;9-7(10)5-3-1-2-4-6(5)8(11)12;1-2-8-6-4-3-5-7-8;2*8-7(9)6-4-2-1-3-5-6;2*7-10(8,9)6-4-2-1-3-5-6/h3-5,7-8H,1,6,9-10H2,2H3,(H,15,17);1-3H,(H,10,11)(H,12,13)(H,14,15);1-4H,(H,9,10)(H,11,12);2-7H,1H2;2*1-5H,(H,8,9);2*1-5H,(H2,7,8,9). The van der Waals surface area contributed by atoms with E-state index in [4.69, 9.17) is 55.3 Å². The molecule has 0 fully saturated rings. The minimum absolute atomic E-state index is 0.0546. The molecule has 1 amide bonds. The van der Waals surface area contributed by atoms with E-state index >= 15 is 0 Å². The summed E-state index contributed by atoms with van der Waals surface area (Å²) in [6, 6.07) is 59.8. The lowest BCUT2D eigenvalue weighted by Gasteiger charge is -2.04. The quantitative estimate of drug-likeness (QED) is 0.0243. The summed E-state index contributed by atoms with van der Waals surface area (Å²) in [4.78, 5) is 131. The Morgan fingerprint density at radius 2 is 0.678 bits per heavy atom. The number of hydrogen-bond donors (Lipinski definition) is 12. The monoisotopic (exact) mass is 1270 g/mol. The number of ketones is 1. The summed E-state index contributed by atoms with van der Waals surface area (Å²) in [5.41, 5.74) is 0.873. The van der Waals surface area contributed by atoms with Gasteiger partial charge >= 0.3 is 57.0 Å². The molecule has 0 saturated carbocycles. The largest absolute Gasteiger partial charge is 0.478 e. The van der Waals surface area contributed by atoms with Crippen molar-refractivity contribution in [3.63, 3.8) is 0 Å². The minimum atomic E-state index is -4.02. The van der Waals surface area contributed by atoms with Gasteiger partial charge in [0, 0.05) is 18.5 Å². The van der Waals surface area contributed by atoms with Crippen LogP contribution in [0.15, 0.2) is 243 Å². The van der Waals surface area contributed by atoms with E-state index in [9.17, 15) is 52.3 Å². The summed E-state index contributed by atoms with van der Waals surface area (Å²) < 4.78 is 21.1. The van der Waals surface area contributed by atoms with Crippen LogP contribution in [0, 0.1) is 0 Å². The van der Waals surface area contributed by atoms with Crippen LogP contribution in [0.1, 0.15) is 108 Å². The first-order chi connectivity index (χ1) is 42.4. The van der Waals surface area contributed by atoms with Crippen molar-refractivity contribution in [2.45, 2.75) is 19.8 Å². The van der Waals surface area contributed by atoms with Crippen LogP contribution < -0.4 is 15.9 Å². The zero-order valence-corrected chi connectivity index (χ0v) is 49.6. The zero-order valence-electron chi connectivity index (χ0n) is 47.8. The molecular weight excluding hydrogens is 1210 g/mol. The lowest BCUT2D eigenvalue weighted by molar-refractivity contribution is -0.115. The Balaban J connectivity index is 0.000000520. The Morgan fingerprint density at radius 1 is 0.389 bits per heavy atom. The molecule has 23 nitrogen and oxygen atoms in total. The highest BCUT2D eigenvalue weighted by atomic mass is 31.2. The van der Waals surface area contributed by atoms with E-state index in [1.807, 2.05) is 54.6 Å². The number of nitrogens with one attached hydrogen (secondary N) is 1. The van der Waals surface area contributed by atoms with Crippen molar-refractivity contribution in [1.29, 1.82) is 0 Å². The van der Waals surface area contributed by atoms with Gasteiger partial charge in [0.15, 0.2) is 5.78 Å².